The van der Waals surface area contributed by atoms with Crippen LogP contribution in [0.5, 0.6) is 0 Å². The Morgan fingerprint density at radius 2 is 1.79 bits per heavy atom. The van der Waals surface area contributed by atoms with Crippen LogP contribution in [0.1, 0.15) is 47.0 Å². The van der Waals surface area contributed by atoms with Crippen molar-refractivity contribution in [1.82, 2.24) is 10.2 Å². The fourth-order valence-corrected chi connectivity index (χ4v) is 2.44. The molecule has 1 aliphatic rings. The third-order valence-corrected chi connectivity index (χ3v) is 3.65. The molecule has 0 aromatic heterocycles. The SMILES string of the molecule is CCNC(CCN(CC(F)(F)F)C1CC1)C(C)(C)C. The molecule has 0 aromatic rings. The van der Waals surface area contributed by atoms with Gasteiger partial charge in [-0.1, -0.05) is 27.7 Å². The Morgan fingerprint density at radius 3 is 2.16 bits per heavy atom. The molecule has 1 rings (SSSR count). The van der Waals surface area contributed by atoms with Crippen molar-refractivity contribution in [3.8, 4) is 0 Å². The first-order valence-electron chi connectivity index (χ1n) is 7.17. The second-order valence-electron chi connectivity index (χ2n) is 6.58. The summed E-state index contributed by atoms with van der Waals surface area (Å²) in [7, 11) is 0. The number of nitrogens with zero attached hydrogens (tertiary/aromatic N) is 1. The van der Waals surface area contributed by atoms with Crippen molar-refractivity contribution in [1.29, 1.82) is 0 Å². The Balaban J connectivity index is 2.49. The summed E-state index contributed by atoms with van der Waals surface area (Å²) in [6.45, 7) is 9.04. The first kappa shape index (κ1) is 16.8. The van der Waals surface area contributed by atoms with E-state index in [2.05, 4.69) is 26.1 Å². The number of hydrogen-bond donors (Lipinski definition) is 1. The number of alkyl halides is 3. The van der Waals surface area contributed by atoms with Crippen LogP contribution in [0.15, 0.2) is 0 Å². The Bertz CT molecular complexity index is 267. The molecule has 0 aromatic carbocycles. The van der Waals surface area contributed by atoms with E-state index in [0.717, 1.165) is 25.8 Å². The lowest BCUT2D eigenvalue weighted by Gasteiger charge is -2.34. The van der Waals surface area contributed by atoms with Crippen molar-refractivity contribution in [2.24, 2.45) is 5.41 Å². The molecule has 1 fully saturated rings. The Morgan fingerprint density at radius 1 is 1.21 bits per heavy atom. The van der Waals surface area contributed by atoms with Gasteiger partial charge in [0.25, 0.3) is 0 Å². The Hall–Kier alpha value is -0.290. The lowest BCUT2D eigenvalue weighted by atomic mass is 9.84. The molecular formula is C14H27F3N2. The number of hydrogen-bond acceptors (Lipinski definition) is 2. The molecule has 2 nitrogen and oxygen atoms in total. The lowest BCUT2D eigenvalue weighted by molar-refractivity contribution is -0.147. The van der Waals surface area contributed by atoms with Crippen molar-refractivity contribution in [3.05, 3.63) is 0 Å². The quantitative estimate of drug-likeness (QED) is 0.768. The molecule has 0 saturated heterocycles. The van der Waals surface area contributed by atoms with Crippen LogP contribution in [-0.2, 0) is 0 Å². The average molecular weight is 280 g/mol. The number of rotatable bonds is 7. The predicted octanol–water partition coefficient (Wildman–Crippen LogP) is 3.43. The van der Waals surface area contributed by atoms with E-state index >= 15 is 0 Å². The van der Waals surface area contributed by atoms with Crippen LogP contribution >= 0.6 is 0 Å². The van der Waals surface area contributed by atoms with Crippen molar-refractivity contribution in [2.75, 3.05) is 19.6 Å². The normalized spacial score (nSPS) is 18.9. The summed E-state index contributed by atoms with van der Waals surface area (Å²) in [5.41, 5.74) is 0.0729. The van der Waals surface area contributed by atoms with Crippen LogP contribution in [-0.4, -0.2) is 42.8 Å². The molecule has 1 saturated carbocycles. The van der Waals surface area contributed by atoms with Gasteiger partial charge in [-0.05, 0) is 31.2 Å². The molecule has 1 atom stereocenters. The van der Waals surface area contributed by atoms with E-state index in [1.807, 2.05) is 6.92 Å². The Kier molecular flexibility index (Phi) is 5.68. The molecular weight excluding hydrogens is 253 g/mol. The van der Waals surface area contributed by atoms with E-state index in [1.165, 1.54) is 0 Å². The maximum absolute atomic E-state index is 12.5. The minimum absolute atomic E-state index is 0.0729. The molecule has 0 amide bonds. The van der Waals surface area contributed by atoms with E-state index in [4.69, 9.17) is 0 Å². The first-order chi connectivity index (χ1) is 8.63. The van der Waals surface area contributed by atoms with Gasteiger partial charge in [-0.2, -0.15) is 13.2 Å². The minimum Gasteiger partial charge on any atom is -0.314 e. The number of halogens is 3. The van der Waals surface area contributed by atoms with Crippen molar-refractivity contribution in [3.63, 3.8) is 0 Å². The van der Waals surface area contributed by atoms with Gasteiger partial charge >= 0.3 is 6.18 Å². The predicted molar refractivity (Wildman–Crippen MR) is 72.2 cm³/mol. The molecule has 0 spiro atoms. The van der Waals surface area contributed by atoms with E-state index in [0.29, 0.717) is 6.54 Å². The van der Waals surface area contributed by atoms with E-state index in [9.17, 15) is 13.2 Å². The third-order valence-electron chi connectivity index (χ3n) is 3.65. The molecule has 0 heterocycles. The van der Waals surface area contributed by atoms with Gasteiger partial charge in [0.05, 0.1) is 6.54 Å². The topological polar surface area (TPSA) is 15.3 Å². The van der Waals surface area contributed by atoms with Crippen molar-refractivity contribution < 1.29 is 13.2 Å². The van der Waals surface area contributed by atoms with Gasteiger partial charge in [0.2, 0.25) is 0 Å². The summed E-state index contributed by atoms with van der Waals surface area (Å²) in [4.78, 5) is 1.61. The molecule has 0 aliphatic heterocycles. The van der Waals surface area contributed by atoms with Crippen LogP contribution in [0.4, 0.5) is 13.2 Å². The zero-order valence-corrected chi connectivity index (χ0v) is 12.5. The highest BCUT2D eigenvalue weighted by Crippen LogP contribution is 2.31. The summed E-state index contributed by atoms with van der Waals surface area (Å²) in [5, 5.41) is 3.39. The zero-order chi connectivity index (χ0) is 14.7. The smallest absolute Gasteiger partial charge is 0.314 e. The fraction of sp³-hybridized carbons (Fsp3) is 1.00. The van der Waals surface area contributed by atoms with Gasteiger partial charge in [0, 0.05) is 18.6 Å². The summed E-state index contributed by atoms with van der Waals surface area (Å²) in [6, 6.07) is 0.413. The molecule has 1 aliphatic carbocycles. The van der Waals surface area contributed by atoms with E-state index in [-0.39, 0.29) is 17.5 Å². The summed E-state index contributed by atoms with van der Waals surface area (Å²) < 4.78 is 37.6. The Labute approximate surface area is 114 Å². The van der Waals surface area contributed by atoms with Crippen molar-refractivity contribution >= 4 is 0 Å². The summed E-state index contributed by atoms with van der Waals surface area (Å²) >= 11 is 0. The molecule has 0 radical (unpaired) electrons. The average Bonchev–Trinajstić information content (AvgIpc) is 3.02. The van der Waals surface area contributed by atoms with Crippen LogP contribution in [0.25, 0.3) is 0 Å². The van der Waals surface area contributed by atoms with Gasteiger partial charge in [0.1, 0.15) is 0 Å². The second-order valence-corrected chi connectivity index (χ2v) is 6.58. The van der Waals surface area contributed by atoms with Gasteiger partial charge in [-0.25, -0.2) is 0 Å². The number of nitrogens with one attached hydrogen (secondary N) is 1. The summed E-state index contributed by atoms with van der Waals surface area (Å²) in [5.74, 6) is 0. The minimum atomic E-state index is -4.09. The monoisotopic (exact) mass is 280 g/mol. The van der Waals surface area contributed by atoms with Gasteiger partial charge in [0.15, 0.2) is 0 Å². The van der Waals surface area contributed by atoms with Gasteiger partial charge in [-0.15, -0.1) is 0 Å². The zero-order valence-electron chi connectivity index (χ0n) is 12.5. The van der Waals surface area contributed by atoms with Gasteiger partial charge in [-0.3, -0.25) is 4.90 Å². The van der Waals surface area contributed by atoms with Crippen molar-refractivity contribution in [2.45, 2.75) is 65.2 Å². The molecule has 5 heteroatoms. The second kappa shape index (κ2) is 6.44. The standard InChI is InChI=1S/C14H27F3N2/c1-5-18-12(13(2,3)4)8-9-19(11-6-7-11)10-14(15,16)17/h11-12,18H,5-10H2,1-4H3. The highest BCUT2D eigenvalue weighted by Gasteiger charge is 2.38. The largest absolute Gasteiger partial charge is 0.401 e. The molecule has 0 bridgehead atoms. The highest BCUT2D eigenvalue weighted by molar-refractivity contribution is 4.88. The molecule has 114 valence electrons. The summed E-state index contributed by atoms with van der Waals surface area (Å²) in [6.07, 6.45) is -1.49. The fourth-order valence-electron chi connectivity index (χ4n) is 2.44. The highest BCUT2D eigenvalue weighted by atomic mass is 19.4. The van der Waals surface area contributed by atoms with Gasteiger partial charge < -0.3 is 5.32 Å². The van der Waals surface area contributed by atoms with E-state index in [1.54, 1.807) is 4.90 Å². The lowest BCUT2D eigenvalue weighted by Crippen LogP contribution is -2.44. The first-order valence-corrected chi connectivity index (χ1v) is 7.17. The molecule has 1 N–H and O–H groups in total. The maximum Gasteiger partial charge on any atom is 0.401 e. The third kappa shape index (κ3) is 6.61. The van der Waals surface area contributed by atoms with E-state index < -0.39 is 12.7 Å². The molecule has 19 heavy (non-hydrogen) atoms. The van der Waals surface area contributed by atoms with Crippen LogP contribution in [0, 0.1) is 5.41 Å². The molecule has 1 unspecified atom stereocenters. The maximum atomic E-state index is 12.5. The van der Waals surface area contributed by atoms with Crippen LogP contribution in [0.2, 0.25) is 0 Å². The van der Waals surface area contributed by atoms with Crippen LogP contribution in [0.3, 0.4) is 0 Å². The van der Waals surface area contributed by atoms with Crippen LogP contribution < -0.4 is 5.32 Å².